The molecular formula is C22H16F3N3O3S. The SMILES string of the molecule is O=C(O)c1cccc(NC(=S)N/N=C\c2cccc(-c3cccc(C(F)(F)F)c3)c2O)c1. The number of halogens is 3. The average Bonchev–Trinajstić information content (AvgIpc) is 2.74. The van der Waals surface area contributed by atoms with E-state index in [1.54, 1.807) is 18.2 Å². The number of thiocarbonyl (C=S) groups is 1. The van der Waals surface area contributed by atoms with Gasteiger partial charge in [-0.25, -0.2) is 4.79 Å². The molecule has 3 rings (SSSR count). The minimum absolute atomic E-state index is 0.0670. The van der Waals surface area contributed by atoms with Crippen LogP contribution in [0.1, 0.15) is 21.5 Å². The number of carboxylic acid groups (broad SMARTS) is 1. The van der Waals surface area contributed by atoms with Crippen LogP contribution >= 0.6 is 12.2 Å². The molecule has 6 nitrogen and oxygen atoms in total. The second-order valence-electron chi connectivity index (χ2n) is 6.53. The van der Waals surface area contributed by atoms with Crippen LogP contribution in [-0.4, -0.2) is 27.5 Å². The number of alkyl halides is 3. The number of phenols is 1. The number of aromatic hydroxyl groups is 1. The van der Waals surface area contributed by atoms with Crippen molar-refractivity contribution in [3.05, 3.63) is 83.4 Å². The lowest BCUT2D eigenvalue weighted by molar-refractivity contribution is -0.137. The fourth-order valence-electron chi connectivity index (χ4n) is 2.81. The average molecular weight is 459 g/mol. The van der Waals surface area contributed by atoms with E-state index in [2.05, 4.69) is 15.8 Å². The van der Waals surface area contributed by atoms with Crippen LogP contribution in [-0.2, 0) is 6.18 Å². The van der Waals surface area contributed by atoms with Gasteiger partial charge in [-0.05, 0) is 54.2 Å². The monoisotopic (exact) mass is 459 g/mol. The van der Waals surface area contributed by atoms with Gasteiger partial charge in [0.05, 0.1) is 17.3 Å². The maximum atomic E-state index is 13.0. The number of hydrogen-bond donors (Lipinski definition) is 4. The van der Waals surface area contributed by atoms with Crippen LogP contribution in [0.15, 0.2) is 71.8 Å². The van der Waals surface area contributed by atoms with Crippen molar-refractivity contribution in [2.24, 2.45) is 5.10 Å². The zero-order valence-corrected chi connectivity index (χ0v) is 17.0. The van der Waals surface area contributed by atoms with Gasteiger partial charge in [0.1, 0.15) is 5.75 Å². The second kappa shape index (κ2) is 9.48. The zero-order chi connectivity index (χ0) is 23.3. The van der Waals surface area contributed by atoms with Crippen molar-refractivity contribution in [1.29, 1.82) is 0 Å². The molecule has 3 aromatic carbocycles. The smallest absolute Gasteiger partial charge is 0.416 e. The summed E-state index contributed by atoms with van der Waals surface area (Å²) in [4.78, 5) is 11.0. The molecule has 3 aromatic rings. The number of hydrazone groups is 1. The number of carboxylic acids is 1. The van der Waals surface area contributed by atoms with Gasteiger partial charge in [-0.1, -0.05) is 30.3 Å². The molecule has 164 valence electrons. The second-order valence-corrected chi connectivity index (χ2v) is 6.94. The topological polar surface area (TPSA) is 94.0 Å². The lowest BCUT2D eigenvalue weighted by Gasteiger charge is -2.11. The number of rotatable bonds is 5. The van der Waals surface area contributed by atoms with E-state index in [1.165, 1.54) is 42.6 Å². The van der Waals surface area contributed by atoms with Gasteiger partial charge in [0.15, 0.2) is 5.11 Å². The summed E-state index contributed by atoms with van der Waals surface area (Å²) >= 11 is 5.09. The molecule has 0 saturated carbocycles. The van der Waals surface area contributed by atoms with Gasteiger partial charge in [0.2, 0.25) is 0 Å². The van der Waals surface area contributed by atoms with Gasteiger partial charge < -0.3 is 15.5 Å². The third kappa shape index (κ3) is 5.61. The summed E-state index contributed by atoms with van der Waals surface area (Å²) in [6, 6.07) is 15.2. The molecule has 0 bridgehead atoms. The van der Waals surface area contributed by atoms with Gasteiger partial charge in [0.25, 0.3) is 0 Å². The molecule has 0 aliphatic rings. The van der Waals surface area contributed by atoms with Crippen molar-refractivity contribution in [3.63, 3.8) is 0 Å². The van der Waals surface area contributed by atoms with Gasteiger partial charge in [-0.3, -0.25) is 5.43 Å². The van der Waals surface area contributed by atoms with Gasteiger partial charge in [-0.15, -0.1) is 0 Å². The van der Waals surface area contributed by atoms with Gasteiger partial charge in [-0.2, -0.15) is 18.3 Å². The molecule has 10 heteroatoms. The van der Waals surface area contributed by atoms with E-state index < -0.39 is 17.7 Å². The summed E-state index contributed by atoms with van der Waals surface area (Å²) in [6.07, 6.45) is -3.24. The summed E-state index contributed by atoms with van der Waals surface area (Å²) < 4.78 is 39.0. The number of benzene rings is 3. The van der Waals surface area contributed by atoms with E-state index in [0.717, 1.165) is 12.1 Å². The lowest BCUT2D eigenvalue weighted by Crippen LogP contribution is -2.24. The molecule has 0 heterocycles. The fourth-order valence-corrected chi connectivity index (χ4v) is 2.98. The van der Waals surface area contributed by atoms with Gasteiger partial charge in [0, 0.05) is 16.8 Å². The van der Waals surface area contributed by atoms with Crippen molar-refractivity contribution in [1.82, 2.24) is 5.43 Å². The number of aromatic carboxylic acids is 1. The number of para-hydroxylation sites is 1. The first-order valence-electron chi connectivity index (χ1n) is 9.08. The summed E-state index contributed by atoms with van der Waals surface area (Å²) in [5, 5.41) is 26.3. The molecule has 0 radical (unpaired) electrons. The van der Waals surface area contributed by atoms with Crippen LogP contribution in [0.2, 0.25) is 0 Å². The highest BCUT2D eigenvalue weighted by molar-refractivity contribution is 7.80. The maximum absolute atomic E-state index is 13.0. The Bertz CT molecular complexity index is 1200. The number of phenolic OH excluding ortho intramolecular Hbond substituents is 1. The maximum Gasteiger partial charge on any atom is 0.416 e. The van der Waals surface area contributed by atoms with Crippen LogP contribution in [0, 0.1) is 0 Å². The Morgan fingerprint density at radius 1 is 1.03 bits per heavy atom. The molecule has 0 fully saturated rings. The standard InChI is InChI=1S/C22H16F3N3O3S/c23-22(24,25)16-7-1-4-13(10-16)18-9-3-6-15(19(18)29)12-26-28-21(32)27-17-8-2-5-14(11-17)20(30)31/h1-12,29H,(H,30,31)(H2,27,28,32)/b26-12-. The summed E-state index contributed by atoms with van der Waals surface area (Å²) in [7, 11) is 0. The molecule has 0 spiro atoms. The minimum atomic E-state index is -4.50. The van der Waals surface area contributed by atoms with E-state index in [4.69, 9.17) is 17.3 Å². The van der Waals surface area contributed by atoms with E-state index in [-0.39, 0.29) is 33.1 Å². The molecule has 0 saturated heterocycles. The summed E-state index contributed by atoms with van der Waals surface area (Å²) in [6.45, 7) is 0. The van der Waals surface area contributed by atoms with Crippen LogP contribution in [0.3, 0.4) is 0 Å². The third-order valence-corrected chi connectivity index (χ3v) is 4.50. The van der Waals surface area contributed by atoms with Crippen LogP contribution in [0.5, 0.6) is 5.75 Å². The van der Waals surface area contributed by atoms with E-state index in [9.17, 15) is 23.1 Å². The Balaban J connectivity index is 1.73. The van der Waals surface area contributed by atoms with Crippen molar-refractivity contribution < 1.29 is 28.2 Å². The molecule has 0 unspecified atom stereocenters. The molecular weight excluding hydrogens is 443 g/mol. The molecule has 4 N–H and O–H groups in total. The van der Waals surface area contributed by atoms with Crippen molar-refractivity contribution in [2.45, 2.75) is 6.18 Å². The summed E-state index contributed by atoms with van der Waals surface area (Å²) in [5.41, 5.74) is 2.90. The molecule has 32 heavy (non-hydrogen) atoms. The predicted molar refractivity (Wildman–Crippen MR) is 119 cm³/mol. The molecule has 0 aliphatic carbocycles. The van der Waals surface area contributed by atoms with Crippen LogP contribution in [0.4, 0.5) is 18.9 Å². The Morgan fingerprint density at radius 2 is 1.75 bits per heavy atom. The number of nitrogens with zero attached hydrogens (tertiary/aromatic N) is 1. The van der Waals surface area contributed by atoms with Crippen LogP contribution in [0.25, 0.3) is 11.1 Å². The van der Waals surface area contributed by atoms with E-state index in [1.807, 2.05) is 0 Å². The Kier molecular flexibility index (Phi) is 6.74. The highest BCUT2D eigenvalue weighted by Gasteiger charge is 2.30. The number of nitrogens with one attached hydrogen (secondary N) is 2. The Morgan fingerprint density at radius 3 is 2.47 bits per heavy atom. The molecule has 0 aliphatic heterocycles. The first-order valence-corrected chi connectivity index (χ1v) is 9.49. The Labute approximate surface area is 186 Å². The Hall–Kier alpha value is -3.92. The number of anilines is 1. The molecule has 0 amide bonds. The molecule has 0 aromatic heterocycles. The molecule has 0 atom stereocenters. The lowest BCUT2D eigenvalue weighted by atomic mass is 10.00. The fraction of sp³-hybridized carbons (Fsp3) is 0.0455. The predicted octanol–water partition coefficient (Wildman–Crippen LogP) is 5.10. The van der Waals surface area contributed by atoms with Gasteiger partial charge >= 0.3 is 12.1 Å². The first kappa shape index (κ1) is 22.8. The zero-order valence-electron chi connectivity index (χ0n) is 16.2. The number of hydrogen-bond acceptors (Lipinski definition) is 4. The normalized spacial score (nSPS) is 11.3. The minimum Gasteiger partial charge on any atom is -0.507 e. The first-order chi connectivity index (χ1) is 15.1. The number of carbonyl (C=O) groups is 1. The highest BCUT2D eigenvalue weighted by Crippen LogP contribution is 2.36. The largest absolute Gasteiger partial charge is 0.507 e. The van der Waals surface area contributed by atoms with E-state index >= 15 is 0 Å². The van der Waals surface area contributed by atoms with Crippen molar-refractivity contribution in [3.8, 4) is 16.9 Å². The highest BCUT2D eigenvalue weighted by atomic mass is 32.1. The van der Waals surface area contributed by atoms with E-state index in [0.29, 0.717) is 5.69 Å². The van der Waals surface area contributed by atoms with Crippen molar-refractivity contribution in [2.75, 3.05) is 5.32 Å². The van der Waals surface area contributed by atoms with Crippen molar-refractivity contribution >= 4 is 35.2 Å². The van der Waals surface area contributed by atoms with Crippen LogP contribution < -0.4 is 10.7 Å². The quantitative estimate of drug-likeness (QED) is 0.241. The summed E-state index contributed by atoms with van der Waals surface area (Å²) in [5.74, 6) is -1.33. The third-order valence-electron chi connectivity index (χ3n) is 4.31.